The molecular formula is C16H24N2O3. The number of esters is 1. The lowest BCUT2D eigenvalue weighted by Gasteiger charge is -2.17. The highest BCUT2D eigenvalue weighted by Gasteiger charge is 2.22. The van der Waals surface area contributed by atoms with Gasteiger partial charge in [0.15, 0.2) is 6.04 Å². The Balaban J connectivity index is 2.50. The molecule has 116 valence electrons. The highest BCUT2D eigenvalue weighted by molar-refractivity contribution is 5.84. The lowest BCUT2D eigenvalue weighted by molar-refractivity contribution is -0.143. The molecule has 0 aliphatic heterocycles. The van der Waals surface area contributed by atoms with Gasteiger partial charge in [0, 0.05) is 6.54 Å². The Hall–Kier alpha value is -2.04. The van der Waals surface area contributed by atoms with E-state index in [1.807, 2.05) is 18.2 Å². The van der Waals surface area contributed by atoms with Crippen molar-refractivity contribution in [1.82, 2.24) is 10.6 Å². The van der Waals surface area contributed by atoms with E-state index in [9.17, 15) is 9.59 Å². The van der Waals surface area contributed by atoms with Crippen molar-refractivity contribution in [2.75, 3.05) is 13.7 Å². The van der Waals surface area contributed by atoms with Gasteiger partial charge in [-0.25, -0.2) is 9.59 Å². The van der Waals surface area contributed by atoms with Gasteiger partial charge in [0.2, 0.25) is 0 Å². The average molecular weight is 292 g/mol. The molecule has 5 heteroatoms. The van der Waals surface area contributed by atoms with Crippen LogP contribution in [-0.2, 0) is 9.53 Å². The monoisotopic (exact) mass is 292 g/mol. The molecule has 0 fully saturated rings. The zero-order chi connectivity index (χ0) is 15.5. The predicted octanol–water partition coefficient (Wildman–Crippen LogP) is 2.78. The maximum absolute atomic E-state index is 11.8. The fourth-order valence-electron chi connectivity index (χ4n) is 1.98. The number of amides is 2. The Morgan fingerprint density at radius 3 is 2.48 bits per heavy atom. The van der Waals surface area contributed by atoms with Crippen molar-refractivity contribution >= 4 is 12.0 Å². The van der Waals surface area contributed by atoms with E-state index in [-0.39, 0.29) is 6.03 Å². The zero-order valence-electron chi connectivity index (χ0n) is 12.7. The van der Waals surface area contributed by atoms with Crippen molar-refractivity contribution in [2.45, 2.75) is 38.6 Å². The fourth-order valence-corrected chi connectivity index (χ4v) is 1.98. The summed E-state index contributed by atoms with van der Waals surface area (Å²) in [6.07, 6.45) is 4.36. The fraction of sp³-hybridized carbons (Fsp3) is 0.500. The van der Waals surface area contributed by atoms with Crippen LogP contribution in [0.25, 0.3) is 0 Å². The van der Waals surface area contributed by atoms with Crippen molar-refractivity contribution in [2.24, 2.45) is 0 Å². The van der Waals surface area contributed by atoms with E-state index in [4.69, 9.17) is 4.74 Å². The van der Waals surface area contributed by atoms with Crippen LogP contribution in [0.4, 0.5) is 4.79 Å². The molecule has 0 saturated carbocycles. The first kappa shape index (κ1) is 17.0. The molecule has 1 aromatic rings. The summed E-state index contributed by atoms with van der Waals surface area (Å²) < 4.78 is 4.74. The van der Waals surface area contributed by atoms with Crippen LogP contribution < -0.4 is 10.6 Å². The number of hydrogen-bond donors (Lipinski definition) is 2. The van der Waals surface area contributed by atoms with Gasteiger partial charge in [-0.2, -0.15) is 0 Å². The molecule has 0 heterocycles. The van der Waals surface area contributed by atoms with Crippen molar-refractivity contribution in [1.29, 1.82) is 0 Å². The number of hydrogen-bond acceptors (Lipinski definition) is 3. The number of unbranched alkanes of at least 4 members (excludes halogenated alkanes) is 3. The molecule has 0 radical (unpaired) electrons. The predicted molar refractivity (Wildman–Crippen MR) is 81.9 cm³/mol. The third-order valence-electron chi connectivity index (χ3n) is 3.16. The Kier molecular flexibility index (Phi) is 7.94. The van der Waals surface area contributed by atoms with E-state index < -0.39 is 12.0 Å². The van der Waals surface area contributed by atoms with E-state index in [0.717, 1.165) is 25.7 Å². The van der Waals surface area contributed by atoms with Crippen LogP contribution in [0.15, 0.2) is 30.3 Å². The molecule has 2 amide bonds. The van der Waals surface area contributed by atoms with Gasteiger partial charge in [0.1, 0.15) is 0 Å². The Morgan fingerprint density at radius 1 is 1.14 bits per heavy atom. The topological polar surface area (TPSA) is 67.4 Å². The minimum atomic E-state index is -0.785. The molecule has 0 aliphatic carbocycles. The molecule has 5 nitrogen and oxygen atoms in total. The van der Waals surface area contributed by atoms with Gasteiger partial charge in [-0.05, 0) is 12.0 Å². The number of ether oxygens (including phenoxy) is 1. The van der Waals surface area contributed by atoms with Gasteiger partial charge < -0.3 is 15.4 Å². The number of carbonyl (C=O) groups is 2. The molecule has 2 N–H and O–H groups in total. The molecule has 1 rings (SSSR count). The molecule has 0 spiro atoms. The highest BCUT2D eigenvalue weighted by Crippen LogP contribution is 2.13. The van der Waals surface area contributed by atoms with E-state index >= 15 is 0 Å². The second-order valence-electron chi connectivity index (χ2n) is 4.83. The summed E-state index contributed by atoms with van der Waals surface area (Å²) in [4.78, 5) is 23.6. The van der Waals surface area contributed by atoms with E-state index in [0.29, 0.717) is 12.1 Å². The molecule has 0 bridgehead atoms. The Morgan fingerprint density at radius 2 is 1.86 bits per heavy atom. The summed E-state index contributed by atoms with van der Waals surface area (Å²) >= 11 is 0. The Labute approximate surface area is 126 Å². The minimum absolute atomic E-state index is 0.356. The van der Waals surface area contributed by atoms with E-state index in [1.54, 1.807) is 12.1 Å². The average Bonchev–Trinajstić information content (AvgIpc) is 2.52. The van der Waals surface area contributed by atoms with Crippen LogP contribution >= 0.6 is 0 Å². The summed E-state index contributed by atoms with van der Waals surface area (Å²) in [6.45, 7) is 2.75. The van der Waals surface area contributed by atoms with Gasteiger partial charge in [0.25, 0.3) is 0 Å². The van der Waals surface area contributed by atoms with Crippen molar-refractivity contribution in [3.63, 3.8) is 0 Å². The third-order valence-corrected chi connectivity index (χ3v) is 3.16. The van der Waals surface area contributed by atoms with Gasteiger partial charge in [0.05, 0.1) is 7.11 Å². The minimum Gasteiger partial charge on any atom is -0.467 e. The van der Waals surface area contributed by atoms with Gasteiger partial charge in [-0.15, -0.1) is 0 Å². The number of nitrogens with one attached hydrogen (secondary N) is 2. The van der Waals surface area contributed by atoms with Crippen LogP contribution in [0.5, 0.6) is 0 Å². The summed E-state index contributed by atoms with van der Waals surface area (Å²) in [7, 11) is 1.31. The molecule has 1 atom stereocenters. The second kappa shape index (κ2) is 9.80. The van der Waals surface area contributed by atoms with Crippen molar-refractivity contribution in [3.8, 4) is 0 Å². The smallest absolute Gasteiger partial charge is 0.333 e. The van der Waals surface area contributed by atoms with Crippen LogP contribution in [0.3, 0.4) is 0 Å². The first-order valence-electron chi connectivity index (χ1n) is 7.36. The standard InChI is InChI=1S/C16H24N2O3/c1-3-4-5-9-12-17-16(20)18-14(15(19)21-2)13-10-7-6-8-11-13/h6-8,10-11,14H,3-5,9,12H2,1-2H3,(H2,17,18,20). The van der Waals surface area contributed by atoms with Crippen LogP contribution in [0.2, 0.25) is 0 Å². The molecule has 1 unspecified atom stereocenters. The normalized spacial score (nSPS) is 11.5. The molecule has 0 aromatic heterocycles. The van der Waals surface area contributed by atoms with Crippen molar-refractivity contribution < 1.29 is 14.3 Å². The number of carbonyl (C=O) groups excluding carboxylic acids is 2. The molecule has 0 aliphatic rings. The maximum atomic E-state index is 11.8. The molecule has 21 heavy (non-hydrogen) atoms. The SMILES string of the molecule is CCCCCCNC(=O)NC(C(=O)OC)c1ccccc1. The van der Waals surface area contributed by atoms with Gasteiger partial charge in [-0.1, -0.05) is 56.5 Å². The lowest BCUT2D eigenvalue weighted by atomic mass is 10.1. The maximum Gasteiger partial charge on any atom is 0.333 e. The first-order valence-corrected chi connectivity index (χ1v) is 7.36. The van der Waals surface area contributed by atoms with Gasteiger partial charge in [-0.3, -0.25) is 0 Å². The number of benzene rings is 1. The first-order chi connectivity index (χ1) is 10.2. The number of methoxy groups -OCH3 is 1. The largest absolute Gasteiger partial charge is 0.467 e. The van der Waals surface area contributed by atoms with Crippen LogP contribution in [-0.4, -0.2) is 25.7 Å². The zero-order valence-corrected chi connectivity index (χ0v) is 12.7. The van der Waals surface area contributed by atoms with E-state index in [2.05, 4.69) is 17.6 Å². The van der Waals surface area contributed by atoms with Crippen LogP contribution in [0, 0.1) is 0 Å². The highest BCUT2D eigenvalue weighted by atomic mass is 16.5. The summed E-state index contributed by atoms with van der Waals surface area (Å²) in [5.41, 5.74) is 0.700. The molecule has 1 aromatic carbocycles. The summed E-state index contributed by atoms with van der Waals surface area (Å²) in [6, 6.07) is 7.90. The molecular weight excluding hydrogens is 268 g/mol. The second-order valence-corrected chi connectivity index (χ2v) is 4.83. The number of rotatable bonds is 8. The van der Waals surface area contributed by atoms with Crippen LogP contribution in [0.1, 0.15) is 44.2 Å². The van der Waals surface area contributed by atoms with E-state index in [1.165, 1.54) is 7.11 Å². The Bertz CT molecular complexity index is 434. The lowest BCUT2D eigenvalue weighted by Crippen LogP contribution is -2.41. The number of urea groups is 1. The van der Waals surface area contributed by atoms with Crippen molar-refractivity contribution in [3.05, 3.63) is 35.9 Å². The summed E-state index contributed by atoms with van der Waals surface area (Å²) in [5.74, 6) is -0.484. The summed E-state index contributed by atoms with van der Waals surface area (Å²) in [5, 5.41) is 5.41. The third kappa shape index (κ3) is 6.29. The molecule has 0 saturated heterocycles. The van der Waals surface area contributed by atoms with Gasteiger partial charge >= 0.3 is 12.0 Å². The quantitative estimate of drug-likeness (QED) is 0.572.